The van der Waals surface area contributed by atoms with Crippen molar-refractivity contribution in [1.82, 2.24) is 14.9 Å². The second-order valence-electron chi connectivity index (χ2n) is 4.81. The molecule has 0 unspecified atom stereocenters. The van der Waals surface area contributed by atoms with Crippen LogP contribution in [0, 0.1) is 0 Å². The number of anilines is 2. The van der Waals surface area contributed by atoms with Crippen LogP contribution in [-0.2, 0) is 0 Å². The number of aromatic nitrogens is 2. The number of hydrogen-bond acceptors (Lipinski definition) is 5. The summed E-state index contributed by atoms with van der Waals surface area (Å²) in [5.74, 6) is 1.79. The van der Waals surface area contributed by atoms with Crippen molar-refractivity contribution in [2.45, 2.75) is 19.8 Å². The van der Waals surface area contributed by atoms with E-state index in [1.807, 2.05) is 12.3 Å². The molecule has 0 aliphatic carbocycles. The van der Waals surface area contributed by atoms with Crippen LogP contribution in [0.2, 0.25) is 0 Å². The molecule has 0 amide bonds. The van der Waals surface area contributed by atoms with Gasteiger partial charge in [0.2, 0.25) is 5.95 Å². The van der Waals surface area contributed by atoms with Crippen LogP contribution >= 0.6 is 0 Å². The van der Waals surface area contributed by atoms with E-state index < -0.39 is 0 Å². The molecule has 0 radical (unpaired) electrons. The number of nitrogens with zero attached hydrogens (tertiary/aromatic N) is 4. The van der Waals surface area contributed by atoms with E-state index in [9.17, 15) is 0 Å². The molecule has 1 fully saturated rings. The van der Waals surface area contributed by atoms with Crippen molar-refractivity contribution in [3.8, 4) is 0 Å². The molecule has 0 bridgehead atoms. The van der Waals surface area contributed by atoms with Crippen molar-refractivity contribution >= 4 is 11.8 Å². The van der Waals surface area contributed by atoms with Crippen molar-refractivity contribution in [3.63, 3.8) is 0 Å². The zero-order valence-electron chi connectivity index (χ0n) is 11.4. The van der Waals surface area contributed by atoms with E-state index in [0.717, 1.165) is 44.5 Å². The van der Waals surface area contributed by atoms with E-state index in [-0.39, 0.29) is 0 Å². The monoisotopic (exact) mass is 249 g/mol. The molecule has 1 aromatic heterocycles. The van der Waals surface area contributed by atoms with Crippen molar-refractivity contribution < 1.29 is 0 Å². The first kappa shape index (κ1) is 13.1. The van der Waals surface area contributed by atoms with E-state index >= 15 is 0 Å². The van der Waals surface area contributed by atoms with E-state index in [4.69, 9.17) is 0 Å². The maximum atomic E-state index is 4.58. The molecule has 0 saturated carbocycles. The van der Waals surface area contributed by atoms with Gasteiger partial charge in [0.15, 0.2) is 0 Å². The highest BCUT2D eigenvalue weighted by molar-refractivity contribution is 5.41. The van der Waals surface area contributed by atoms with Crippen molar-refractivity contribution in [2.24, 2.45) is 0 Å². The molecule has 5 nitrogen and oxygen atoms in total. The van der Waals surface area contributed by atoms with Gasteiger partial charge in [-0.2, -0.15) is 4.98 Å². The molecule has 0 spiro atoms. The topological polar surface area (TPSA) is 44.3 Å². The Hall–Kier alpha value is -1.36. The molecule has 18 heavy (non-hydrogen) atoms. The van der Waals surface area contributed by atoms with Crippen LogP contribution in [0.15, 0.2) is 12.3 Å². The number of piperazine rings is 1. The summed E-state index contributed by atoms with van der Waals surface area (Å²) >= 11 is 0. The minimum atomic E-state index is 0.851. The summed E-state index contributed by atoms with van der Waals surface area (Å²) in [5.41, 5.74) is 0. The Balaban J connectivity index is 1.94. The average Bonchev–Trinajstić information content (AvgIpc) is 2.40. The summed E-state index contributed by atoms with van der Waals surface area (Å²) in [6.45, 7) is 7.35. The smallest absolute Gasteiger partial charge is 0.227 e. The van der Waals surface area contributed by atoms with Crippen LogP contribution in [0.4, 0.5) is 11.8 Å². The molecule has 2 rings (SSSR count). The van der Waals surface area contributed by atoms with Gasteiger partial charge in [0.05, 0.1) is 0 Å². The summed E-state index contributed by atoms with van der Waals surface area (Å²) in [6, 6.07) is 1.94. The minimum Gasteiger partial charge on any atom is -0.370 e. The molecule has 2 heterocycles. The SMILES string of the molecule is CCCCNc1ccnc(N2CCN(C)CC2)n1. The van der Waals surface area contributed by atoms with Gasteiger partial charge in [-0.3, -0.25) is 0 Å². The number of likely N-dealkylation sites (N-methyl/N-ethyl adjacent to an activating group) is 1. The summed E-state index contributed by atoms with van der Waals surface area (Å²) in [4.78, 5) is 13.5. The van der Waals surface area contributed by atoms with Crippen LogP contribution in [0.5, 0.6) is 0 Å². The van der Waals surface area contributed by atoms with Gasteiger partial charge in [0.1, 0.15) is 5.82 Å². The Morgan fingerprint density at radius 2 is 2.06 bits per heavy atom. The van der Waals surface area contributed by atoms with Gasteiger partial charge >= 0.3 is 0 Å². The van der Waals surface area contributed by atoms with E-state index in [1.54, 1.807) is 0 Å². The third-order valence-electron chi connectivity index (χ3n) is 3.27. The van der Waals surface area contributed by atoms with Crippen LogP contribution in [-0.4, -0.2) is 54.6 Å². The Morgan fingerprint density at radius 1 is 1.28 bits per heavy atom. The molecule has 100 valence electrons. The van der Waals surface area contributed by atoms with Crippen LogP contribution in [0.25, 0.3) is 0 Å². The molecule has 0 atom stereocenters. The zero-order valence-corrected chi connectivity index (χ0v) is 11.4. The van der Waals surface area contributed by atoms with E-state index in [0.29, 0.717) is 0 Å². The lowest BCUT2D eigenvalue weighted by molar-refractivity contribution is 0.311. The normalized spacial score (nSPS) is 16.9. The minimum absolute atomic E-state index is 0.851. The summed E-state index contributed by atoms with van der Waals surface area (Å²) < 4.78 is 0. The van der Waals surface area contributed by atoms with Gasteiger partial charge in [0, 0.05) is 38.9 Å². The molecular formula is C13H23N5. The fourth-order valence-corrected chi connectivity index (χ4v) is 2.00. The Labute approximate surface area is 109 Å². The zero-order chi connectivity index (χ0) is 12.8. The second kappa shape index (κ2) is 6.54. The quantitative estimate of drug-likeness (QED) is 0.800. The third-order valence-corrected chi connectivity index (χ3v) is 3.27. The van der Waals surface area contributed by atoms with Gasteiger partial charge in [-0.15, -0.1) is 0 Å². The summed E-state index contributed by atoms with van der Waals surface area (Å²) in [6.07, 6.45) is 4.21. The highest BCUT2D eigenvalue weighted by Gasteiger charge is 2.16. The molecule has 1 aliphatic rings. The highest BCUT2D eigenvalue weighted by atomic mass is 15.3. The Kier molecular flexibility index (Phi) is 4.75. The summed E-state index contributed by atoms with van der Waals surface area (Å²) in [5, 5.41) is 3.35. The molecular weight excluding hydrogens is 226 g/mol. The molecule has 1 N–H and O–H groups in total. The predicted octanol–water partition coefficient (Wildman–Crippen LogP) is 1.44. The number of hydrogen-bond donors (Lipinski definition) is 1. The predicted molar refractivity (Wildman–Crippen MR) is 75.1 cm³/mol. The van der Waals surface area contributed by atoms with Crippen LogP contribution in [0.1, 0.15) is 19.8 Å². The molecule has 0 aromatic carbocycles. The van der Waals surface area contributed by atoms with Crippen LogP contribution < -0.4 is 10.2 Å². The highest BCUT2D eigenvalue weighted by Crippen LogP contribution is 2.12. The average molecular weight is 249 g/mol. The summed E-state index contributed by atoms with van der Waals surface area (Å²) in [7, 11) is 2.15. The molecule has 1 aromatic rings. The van der Waals surface area contributed by atoms with Crippen molar-refractivity contribution in [1.29, 1.82) is 0 Å². The lowest BCUT2D eigenvalue weighted by Gasteiger charge is -2.32. The van der Waals surface area contributed by atoms with Gasteiger partial charge in [0.25, 0.3) is 0 Å². The number of nitrogens with one attached hydrogen (secondary N) is 1. The molecule has 5 heteroatoms. The number of unbranched alkanes of at least 4 members (excludes halogenated alkanes) is 1. The van der Waals surface area contributed by atoms with Gasteiger partial charge < -0.3 is 15.1 Å². The lowest BCUT2D eigenvalue weighted by Crippen LogP contribution is -2.45. The fourth-order valence-electron chi connectivity index (χ4n) is 2.00. The second-order valence-corrected chi connectivity index (χ2v) is 4.81. The first-order chi connectivity index (χ1) is 8.79. The largest absolute Gasteiger partial charge is 0.370 e. The Morgan fingerprint density at radius 3 is 2.78 bits per heavy atom. The standard InChI is InChI=1S/C13H23N5/c1-3-4-6-14-12-5-7-15-13(16-12)18-10-8-17(2)9-11-18/h5,7H,3-4,6,8-11H2,1-2H3,(H,14,15,16). The van der Waals surface area contributed by atoms with Crippen molar-refractivity contribution in [2.75, 3.05) is 50.0 Å². The first-order valence-electron chi connectivity index (χ1n) is 6.80. The fraction of sp³-hybridized carbons (Fsp3) is 0.692. The van der Waals surface area contributed by atoms with E-state index in [1.165, 1.54) is 12.8 Å². The van der Waals surface area contributed by atoms with Crippen LogP contribution in [0.3, 0.4) is 0 Å². The third kappa shape index (κ3) is 3.57. The van der Waals surface area contributed by atoms with Crippen molar-refractivity contribution in [3.05, 3.63) is 12.3 Å². The maximum Gasteiger partial charge on any atom is 0.227 e. The first-order valence-corrected chi connectivity index (χ1v) is 6.80. The van der Waals surface area contributed by atoms with E-state index in [2.05, 4.69) is 39.1 Å². The van der Waals surface area contributed by atoms with Gasteiger partial charge in [-0.05, 0) is 19.5 Å². The molecule has 1 aliphatic heterocycles. The van der Waals surface area contributed by atoms with Gasteiger partial charge in [-0.25, -0.2) is 4.98 Å². The number of rotatable bonds is 5. The molecule has 1 saturated heterocycles. The lowest BCUT2D eigenvalue weighted by atomic mass is 10.3. The Bertz CT molecular complexity index is 360. The van der Waals surface area contributed by atoms with Gasteiger partial charge in [-0.1, -0.05) is 13.3 Å². The maximum absolute atomic E-state index is 4.58.